The van der Waals surface area contributed by atoms with E-state index in [1.165, 1.54) is 6.07 Å². The first-order valence-electron chi connectivity index (χ1n) is 6.90. The fraction of sp³-hybridized carbons (Fsp3) is 0.176. The number of carboxylic acids is 1. The molecule has 0 spiro atoms. The maximum absolute atomic E-state index is 12.2. The van der Waals surface area contributed by atoms with Crippen LogP contribution in [0.1, 0.15) is 33.2 Å². The topological polar surface area (TPSA) is 75.6 Å². The number of carboxylic acid groups (broad SMARTS) is 1. The van der Waals surface area contributed by atoms with Crippen molar-refractivity contribution in [1.29, 1.82) is 0 Å². The Morgan fingerprint density at radius 3 is 2.41 bits per heavy atom. The van der Waals surface area contributed by atoms with Crippen molar-refractivity contribution in [2.45, 2.75) is 13.8 Å². The summed E-state index contributed by atoms with van der Waals surface area (Å²) in [6, 6.07) is 11.5. The lowest BCUT2D eigenvalue weighted by Crippen LogP contribution is -2.14. The standard InChI is InChI=1S/C17H17NO4/c1-3-22-13-9-7-12(8-10-13)16(19)18-15-6-4-5-14(11(15)2)17(20)21/h4-10H,3H2,1-2H3,(H,18,19)(H,20,21). The molecule has 2 rings (SSSR count). The van der Waals surface area contributed by atoms with Crippen LogP contribution in [0.5, 0.6) is 5.75 Å². The van der Waals surface area contributed by atoms with Gasteiger partial charge in [0.15, 0.2) is 0 Å². The molecule has 0 heterocycles. The summed E-state index contributed by atoms with van der Waals surface area (Å²) >= 11 is 0. The molecule has 2 aromatic carbocycles. The summed E-state index contributed by atoms with van der Waals surface area (Å²) in [6.07, 6.45) is 0. The maximum Gasteiger partial charge on any atom is 0.336 e. The van der Waals surface area contributed by atoms with Crippen LogP contribution in [0.3, 0.4) is 0 Å². The molecule has 0 aliphatic rings. The summed E-state index contributed by atoms with van der Waals surface area (Å²) in [5.74, 6) is -0.619. The molecule has 0 unspecified atom stereocenters. The monoisotopic (exact) mass is 299 g/mol. The van der Waals surface area contributed by atoms with Gasteiger partial charge in [0.25, 0.3) is 5.91 Å². The van der Waals surface area contributed by atoms with Crippen molar-refractivity contribution < 1.29 is 19.4 Å². The number of carbonyl (C=O) groups is 2. The minimum atomic E-state index is -1.02. The van der Waals surface area contributed by atoms with Crippen molar-refractivity contribution in [2.75, 3.05) is 11.9 Å². The van der Waals surface area contributed by atoms with Crippen molar-refractivity contribution in [1.82, 2.24) is 0 Å². The molecule has 0 aromatic heterocycles. The molecule has 0 aliphatic heterocycles. The smallest absolute Gasteiger partial charge is 0.336 e. The van der Waals surface area contributed by atoms with E-state index in [1.807, 2.05) is 6.92 Å². The average Bonchev–Trinajstić information content (AvgIpc) is 2.50. The highest BCUT2D eigenvalue weighted by Gasteiger charge is 2.13. The number of carbonyl (C=O) groups excluding carboxylic acids is 1. The molecule has 0 radical (unpaired) electrons. The first kappa shape index (κ1) is 15.6. The molecule has 0 atom stereocenters. The largest absolute Gasteiger partial charge is 0.494 e. The first-order valence-corrected chi connectivity index (χ1v) is 6.90. The lowest BCUT2D eigenvalue weighted by molar-refractivity contribution is 0.0695. The molecular weight excluding hydrogens is 282 g/mol. The van der Waals surface area contributed by atoms with E-state index < -0.39 is 5.97 Å². The lowest BCUT2D eigenvalue weighted by atomic mass is 10.1. The van der Waals surface area contributed by atoms with Crippen molar-refractivity contribution in [3.05, 3.63) is 59.2 Å². The Morgan fingerprint density at radius 1 is 1.14 bits per heavy atom. The second-order valence-electron chi connectivity index (χ2n) is 4.69. The number of nitrogens with one attached hydrogen (secondary N) is 1. The fourth-order valence-electron chi connectivity index (χ4n) is 2.07. The lowest BCUT2D eigenvalue weighted by Gasteiger charge is -2.11. The zero-order valence-corrected chi connectivity index (χ0v) is 12.4. The molecular formula is C17H17NO4. The molecule has 22 heavy (non-hydrogen) atoms. The van der Waals surface area contributed by atoms with Gasteiger partial charge in [-0.05, 0) is 55.8 Å². The number of hydrogen-bond donors (Lipinski definition) is 2. The maximum atomic E-state index is 12.2. The summed E-state index contributed by atoms with van der Waals surface area (Å²) < 4.78 is 5.32. The normalized spacial score (nSPS) is 10.1. The van der Waals surface area contributed by atoms with E-state index in [9.17, 15) is 9.59 Å². The van der Waals surface area contributed by atoms with Gasteiger partial charge in [0.1, 0.15) is 5.75 Å². The first-order chi connectivity index (χ1) is 10.5. The van der Waals surface area contributed by atoms with Crippen LogP contribution in [-0.4, -0.2) is 23.6 Å². The Labute approximate surface area is 128 Å². The number of aromatic carboxylic acids is 1. The predicted octanol–water partition coefficient (Wildman–Crippen LogP) is 3.34. The van der Waals surface area contributed by atoms with Crippen LogP contribution < -0.4 is 10.1 Å². The van der Waals surface area contributed by atoms with Crippen molar-refractivity contribution in [3.63, 3.8) is 0 Å². The Bertz CT molecular complexity index is 692. The molecule has 0 aliphatic carbocycles. The molecule has 0 fully saturated rings. The number of amides is 1. The van der Waals surface area contributed by atoms with Crippen LogP contribution in [0.4, 0.5) is 5.69 Å². The zero-order chi connectivity index (χ0) is 16.1. The van der Waals surface area contributed by atoms with Crippen molar-refractivity contribution >= 4 is 17.6 Å². The Kier molecular flexibility index (Phi) is 4.78. The van der Waals surface area contributed by atoms with Gasteiger partial charge in [-0.25, -0.2) is 4.79 Å². The SMILES string of the molecule is CCOc1ccc(C(=O)Nc2cccc(C(=O)O)c2C)cc1. The minimum Gasteiger partial charge on any atom is -0.494 e. The van der Waals surface area contributed by atoms with Gasteiger partial charge >= 0.3 is 5.97 Å². The molecule has 1 amide bonds. The summed E-state index contributed by atoms with van der Waals surface area (Å²) in [4.78, 5) is 23.3. The summed E-state index contributed by atoms with van der Waals surface area (Å²) in [7, 11) is 0. The Morgan fingerprint density at radius 2 is 1.82 bits per heavy atom. The summed E-state index contributed by atoms with van der Waals surface area (Å²) in [5, 5.41) is 11.8. The molecule has 0 saturated heterocycles. The number of hydrogen-bond acceptors (Lipinski definition) is 3. The molecule has 0 bridgehead atoms. The Hall–Kier alpha value is -2.82. The van der Waals surface area contributed by atoms with Gasteiger partial charge in [-0.2, -0.15) is 0 Å². The molecule has 5 heteroatoms. The predicted molar refractivity (Wildman–Crippen MR) is 83.7 cm³/mol. The van der Waals surface area contributed by atoms with Gasteiger partial charge in [-0.3, -0.25) is 4.79 Å². The third-order valence-corrected chi connectivity index (χ3v) is 3.24. The van der Waals surface area contributed by atoms with Gasteiger partial charge in [0.05, 0.1) is 12.2 Å². The summed E-state index contributed by atoms with van der Waals surface area (Å²) in [5.41, 5.74) is 1.65. The van der Waals surface area contributed by atoms with E-state index in [0.29, 0.717) is 29.2 Å². The van der Waals surface area contributed by atoms with E-state index >= 15 is 0 Å². The van der Waals surface area contributed by atoms with Crippen LogP contribution in [-0.2, 0) is 0 Å². The van der Waals surface area contributed by atoms with Crippen LogP contribution in [0.2, 0.25) is 0 Å². The van der Waals surface area contributed by atoms with Crippen LogP contribution in [0.15, 0.2) is 42.5 Å². The molecule has 5 nitrogen and oxygen atoms in total. The zero-order valence-electron chi connectivity index (χ0n) is 12.4. The van der Waals surface area contributed by atoms with Crippen LogP contribution in [0.25, 0.3) is 0 Å². The highest BCUT2D eigenvalue weighted by molar-refractivity contribution is 6.05. The second-order valence-corrected chi connectivity index (χ2v) is 4.69. The van der Waals surface area contributed by atoms with Gasteiger partial charge in [0.2, 0.25) is 0 Å². The highest BCUT2D eigenvalue weighted by atomic mass is 16.5. The minimum absolute atomic E-state index is 0.171. The van der Waals surface area contributed by atoms with E-state index in [1.54, 1.807) is 43.3 Å². The van der Waals surface area contributed by atoms with E-state index in [4.69, 9.17) is 9.84 Å². The third-order valence-electron chi connectivity index (χ3n) is 3.24. The molecule has 0 saturated carbocycles. The van der Waals surface area contributed by atoms with Gasteiger partial charge in [-0.1, -0.05) is 6.07 Å². The number of rotatable bonds is 5. The van der Waals surface area contributed by atoms with Gasteiger partial charge < -0.3 is 15.2 Å². The molecule has 114 valence electrons. The van der Waals surface area contributed by atoms with E-state index in [-0.39, 0.29) is 11.5 Å². The van der Waals surface area contributed by atoms with Crippen molar-refractivity contribution in [3.8, 4) is 5.75 Å². The number of benzene rings is 2. The number of anilines is 1. The molecule has 2 N–H and O–H groups in total. The van der Waals surface area contributed by atoms with E-state index in [2.05, 4.69) is 5.32 Å². The highest BCUT2D eigenvalue weighted by Crippen LogP contribution is 2.20. The van der Waals surface area contributed by atoms with Crippen LogP contribution in [0, 0.1) is 6.92 Å². The quantitative estimate of drug-likeness (QED) is 0.887. The van der Waals surface area contributed by atoms with Gasteiger partial charge in [0, 0.05) is 11.3 Å². The third kappa shape index (κ3) is 3.44. The second kappa shape index (κ2) is 6.76. The van der Waals surface area contributed by atoms with Gasteiger partial charge in [-0.15, -0.1) is 0 Å². The van der Waals surface area contributed by atoms with Crippen LogP contribution >= 0.6 is 0 Å². The number of ether oxygens (including phenoxy) is 1. The average molecular weight is 299 g/mol. The Balaban J connectivity index is 2.18. The fourth-order valence-corrected chi connectivity index (χ4v) is 2.07. The molecule has 2 aromatic rings. The van der Waals surface area contributed by atoms with Crippen molar-refractivity contribution in [2.24, 2.45) is 0 Å². The summed E-state index contributed by atoms with van der Waals surface area (Å²) in [6.45, 7) is 4.11. The van der Waals surface area contributed by atoms with E-state index in [0.717, 1.165) is 0 Å².